The third-order valence-corrected chi connectivity index (χ3v) is 5.07. The number of hydrogen-bond donors (Lipinski definition) is 0. The van der Waals surface area contributed by atoms with Crippen molar-refractivity contribution in [2.45, 2.75) is 25.4 Å². The lowest BCUT2D eigenvalue weighted by Gasteiger charge is -2.50. The molecule has 2 aliphatic heterocycles. The summed E-state index contributed by atoms with van der Waals surface area (Å²) < 4.78 is 17.4. The van der Waals surface area contributed by atoms with E-state index in [0.717, 1.165) is 31.6 Å². The molecule has 0 saturated carbocycles. The minimum absolute atomic E-state index is 0.0240. The van der Waals surface area contributed by atoms with E-state index in [2.05, 4.69) is 6.58 Å². The Morgan fingerprint density at radius 2 is 2.24 bits per heavy atom. The fraction of sp³-hybridized carbons (Fsp3) is 0.550. The van der Waals surface area contributed by atoms with Crippen LogP contribution in [0.4, 0.5) is 0 Å². The predicted octanol–water partition coefficient (Wildman–Crippen LogP) is 2.67. The molecule has 2 saturated heterocycles. The maximum absolute atomic E-state index is 12.6. The zero-order chi connectivity index (χ0) is 17.5. The van der Waals surface area contributed by atoms with Gasteiger partial charge in [-0.15, -0.1) is 6.58 Å². The number of likely N-dealkylation sites (tertiary alicyclic amines) is 1. The van der Waals surface area contributed by atoms with Gasteiger partial charge in [0.15, 0.2) is 6.61 Å². The van der Waals surface area contributed by atoms with Crippen LogP contribution in [0.5, 0.6) is 5.75 Å². The first-order valence-corrected chi connectivity index (χ1v) is 8.99. The molecule has 0 bridgehead atoms. The Balaban J connectivity index is 1.60. The van der Waals surface area contributed by atoms with Crippen molar-refractivity contribution in [1.29, 1.82) is 0 Å². The third-order valence-electron chi connectivity index (χ3n) is 5.07. The van der Waals surface area contributed by atoms with Crippen LogP contribution in [0.1, 0.15) is 19.3 Å². The molecular formula is C20H27NO4. The van der Waals surface area contributed by atoms with Gasteiger partial charge < -0.3 is 19.1 Å². The maximum atomic E-state index is 12.6. The van der Waals surface area contributed by atoms with Crippen LogP contribution in [0.2, 0.25) is 0 Å². The fourth-order valence-corrected chi connectivity index (χ4v) is 3.81. The first-order valence-electron chi connectivity index (χ1n) is 8.99. The molecule has 0 N–H and O–H groups in total. The van der Waals surface area contributed by atoms with E-state index in [1.807, 2.05) is 35.2 Å². The number of para-hydroxylation sites is 1. The standard InChI is InChI=1S/C20H27NO4/c1-2-12-23-16-20-10-6-13-24-18(20)9-11-21(15-20)19(22)14-25-17-7-4-3-5-8-17/h2-5,7-8,18H,1,6,9-16H2/t18-,20+/m1/s1. The molecular weight excluding hydrogens is 318 g/mol. The van der Waals surface area contributed by atoms with Gasteiger partial charge in [0.05, 0.1) is 19.3 Å². The van der Waals surface area contributed by atoms with Gasteiger partial charge >= 0.3 is 0 Å². The molecule has 2 fully saturated rings. The zero-order valence-electron chi connectivity index (χ0n) is 14.7. The zero-order valence-corrected chi connectivity index (χ0v) is 14.7. The third kappa shape index (κ3) is 4.41. The Bertz CT molecular complexity index is 576. The highest BCUT2D eigenvalue weighted by atomic mass is 16.5. The van der Waals surface area contributed by atoms with Crippen molar-refractivity contribution in [2.24, 2.45) is 5.41 Å². The summed E-state index contributed by atoms with van der Waals surface area (Å²) in [6.45, 7) is 7.09. The van der Waals surface area contributed by atoms with Crippen molar-refractivity contribution in [1.82, 2.24) is 4.90 Å². The molecule has 0 aliphatic carbocycles. The number of benzene rings is 1. The van der Waals surface area contributed by atoms with Gasteiger partial charge in [0.1, 0.15) is 5.75 Å². The summed E-state index contributed by atoms with van der Waals surface area (Å²) in [6.07, 6.45) is 4.82. The van der Waals surface area contributed by atoms with Gasteiger partial charge in [-0.3, -0.25) is 4.79 Å². The number of hydrogen-bond acceptors (Lipinski definition) is 4. The van der Waals surface area contributed by atoms with Crippen LogP contribution < -0.4 is 4.74 Å². The highest BCUT2D eigenvalue weighted by Crippen LogP contribution is 2.40. The molecule has 1 amide bonds. The normalized spacial score (nSPS) is 25.9. The summed E-state index contributed by atoms with van der Waals surface area (Å²) in [4.78, 5) is 14.5. The lowest BCUT2D eigenvalue weighted by Crippen LogP contribution is -2.58. The lowest BCUT2D eigenvalue weighted by molar-refractivity contribution is -0.164. The topological polar surface area (TPSA) is 48.0 Å². The molecule has 0 spiro atoms. The average molecular weight is 345 g/mol. The number of carbonyl (C=O) groups is 1. The van der Waals surface area contributed by atoms with Gasteiger partial charge in [-0.25, -0.2) is 0 Å². The quantitative estimate of drug-likeness (QED) is 0.563. The van der Waals surface area contributed by atoms with Crippen LogP contribution in [0.3, 0.4) is 0 Å². The van der Waals surface area contributed by atoms with Crippen molar-refractivity contribution in [3.8, 4) is 5.75 Å². The molecule has 2 aliphatic rings. The molecule has 0 radical (unpaired) electrons. The van der Waals surface area contributed by atoms with Gasteiger partial charge in [-0.05, 0) is 31.4 Å². The Morgan fingerprint density at radius 3 is 3.04 bits per heavy atom. The second-order valence-corrected chi connectivity index (χ2v) is 6.83. The molecule has 0 aromatic heterocycles. The molecule has 2 atom stereocenters. The van der Waals surface area contributed by atoms with Crippen molar-refractivity contribution in [3.63, 3.8) is 0 Å². The Labute approximate surface area is 149 Å². The number of piperidine rings is 1. The van der Waals surface area contributed by atoms with Gasteiger partial charge in [0.25, 0.3) is 5.91 Å². The summed E-state index contributed by atoms with van der Waals surface area (Å²) in [5, 5.41) is 0. The van der Waals surface area contributed by atoms with E-state index in [-0.39, 0.29) is 24.0 Å². The van der Waals surface area contributed by atoms with Gasteiger partial charge in [0, 0.05) is 25.1 Å². The predicted molar refractivity (Wildman–Crippen MR) is 95.6 cm³/mol. The van der Waals surface area contributed by atoms with Crippen LogP contribution in [-0.4, -0.2) is 56.4 Å². The van der Waals surface area contributed by atoms with E-state index < -0.39 is 0 Å². The van der Waals surface area contributed by atoms with E-state index in [0.29, 0.717) is 26.3 Å². The van der Waals surface area contributed by atoms with Crippen molar-refractivity contribution >= 4 is 5.91 Å². The number of nitrogens with zero attached hydrogens (tertiary/aromatic N) is 1. The van der Waals surface area contributed by atoms with Crippen LogP contribution >= 0.6 is 0 Å². The first kappa shape index (κ1) is 18.0. The fourth-order valence-electron chi connectivity index (χ4n) is 3.81. The van der Waals surface area contributed by atoms with Gasteiger partial charge in [-0.1, -0.05) is 24.3 Å². The molecule has 2 heterocycles. The SMILES string of the molecule is C=CCOC[C@@]12CCCO[C@@H]1CCN(C(=O)COc1ccccc1)C2. The smallest absolute Gasteiger partial charge is 0.260 e. The van der Waals surface area contributed by atoms with E-state index in [1.54, 1.807) is 6.08 Å². The largest absolute Gasteiger partial charge is 0.484 e. The van der Waals surface area contributed by atoms with E-state index in [1.165, 1.54) is 0 Å². The average Bonchev–Trinajstić information content (AvgIpc) is 2.66. The molecule has 5 heteroatoms. The van der Waals surface area contributed by atoms with E-state index >= 15 is 0 Å². The van der Waals surface area contributed by atoms with Crippen LogP contribution in [0, 0.1) is 5.41 Å². The number of amides is 1. The maximum Gasteiger partial charge on any atom is 0.260 e. The first-order chi connectivity index (χ1) is 12.2. The minimum atomic E-state index is -0.109. The van der Waals surface area contributed by atoms with Crippen molar-refractivity contribution < 1.29 is 19.0 Å². The van der Waals surface area contributed by atoms with Crippen LogP contribution in [0.25, 0.3) is 0 Å². The second-order valence-electron chi connectivity index (χ2n) is 6.83. The highest BCUT2D eigenvalue weighted by Gasteiger charge is 2.47. The Kier molecular flexibility index (Phi) is 6.10. The molecule has 136 valence electrons. The monoisotopic (exact) mass is 345 g/mol. The number of carbonyl (C=O) groups excluding carboxylic acids is 1. The summed E-state index contributed by atoms with van der Waals surface area (Å²) >= 11 is 0. The molecule has 1 aromatic carbocycles. The number of rotatable bonds is 7. The number of ether oxygens (including phenoxy) is 3. The summed E-state index contributed by atoms with van der Waals surface area (Å²) in [5.41, 5.74) is -0.109. The highest BCUT2D eigenvalue weighted by molar-refractivity contribution is 5.78. The molecule has 5 nitrogen and oxygen atoms in total. The summed E-state index contributed by atoms with van der Waals surface area (Å²) in [5.74, 6) is 0.742. The Hall–Kier alpha value is -1.85. The van der Waals surface area contributed by atoms with Crippen LogP contribution in [-0.2, 0) is 14.3 Å². The second kappa shape index (κ2) is 8.50. The molecule has 3 rings (SSSR count). The Morgan fingerprint density at radius 1 is 1.40 bits per heavy atom. The van der Waals surface area contributed by atoms with Crippen LogP contribution in [0.15, 0.2) is 43.0 Å². The molecule has 25 heavy (non-hydrogen) atoms. The molecule has 0 unspecified atom stereocenters. The summed E-state index contributed by atoms with van der Waals surface area (Å²) in [7, 11) is 0. The van der Waals surface area contributed by atoms with Gasteiger partial charge in [0.2, 0.25) is 0 Å². The van der Waals surface area contributed by atoms with Crippen molar-refractivity contribution in [3.05, 3.63) is 43.0 Å². The van der Waals surface area contributed by atoms with Crippen molar-refractivity contribution in [2.75, 3.05) is 39.5 Å². The minimum Gasteiger partial charge on any atom is -0.484 e. The number of fused-ring (bicyclic) bond motifs is 1. The van der Waals surface area contributed by atoms with E-state index in [9.17, 15) is 4.79 Å². The van der Waals surface area contributed by atoms with Gasteiger partial charge in [-0.2, -0.15) is 0 Å². The lowest BCUT2D eigenvalue weighted by atomic mass is 9.73. The summed E-state index contributed by atoms with van der Waals surface area (Å²) in [6, 6.07) is 9.45. The van der Waals surface area contributed by atoms with E-state index in [4.69, 9.17) is 14.2 Å². The molecule has 1 aromatic rings.